The molecule has 3 nitrogen and oxygen atoms in total. The van der Waals surface area contributed by atoms with E-state index in [1.807, 2.05) is 0 Å². The smallest absolute Gasteiger partial charge is 0.337 e. The van der Waals surface area contributed by atoms with Crippen LogP contribution in [0.25, 0.3) is 0 Å². The first-order valence-corrected chi connectivity index (χ1v) is 9.18. The second-order valence-electron chi connectivity index (χ2n) is 5.98. The zero-order valence-electron chi connectivity index (χ0n) is 14.2. The van der Waals surface area contributed by atoms with Gasteiger partial charge in [-0.2, -0.15) is 0 Å². The Morgan fingerprint density at radius 1 is 1.00 bits per heavy atom. The summed E-state index contributed by atoms with van der Waals surface area (Å²) >= 11 is 5.91. The molecule has 4 heteroatoms. The minimum atomic E-state index is -1.02. The molecule has 0 bridgehead atoms. The summed E-state index contributed by atoms with van der Waals surface area (Å²) in [5.74, 6) is -0.382. The SMILES string of the molecule is CCCCCCCCCCCCOc1ccc(C(=O)O)c(Cl)c1. The molecule has 0 atom stereocenters. The van der Waals surface area contributed by atoms with Crippen LogP contribution < -0.4 is 4.74 Å². The van der Waals surface area contributed by atoms with Gasteiger partial charge in [-0.3, -0.25) is 0 Å². The van der Waals surface area contributed by atoms with Crippen LogP contribution in [0.4, 0.5) is 0 Å². The third-order valence-electron chi connectivity index (χ3n) is 3.94. The molecular formula is C19H29ClO3. The fourth-order valence-electron chi connectivity index (χ4n) is 2.54. The molecule has 0 radical (unpaired) electrons. The van der Waals surface area contributed by atoms with E-state index in [0.29, 0.717) is 12.4 Å². The number of unbranched alkanes of at least 4 members (excludes halogenated alkanes) is 9. The van der Waals surface area contributed by atoms with Gasteiger partial charge in [-0.05, 0) is 24.6 Å². The second kappa shape index (κ2) is 12.2. The second-order valence-corrected chi connectivity index (χ2v) is 6.38. The molecule has 0 amide bonds. The standard InChI is InChI=1S/C19H29ClO3/c1-2-3-4-5-6-7-8-9-10-11-14-23-16-12-13-17(19(21)22)18(20)15-16/h12-13,15H,2-11,14H2,1H3,(H,21,22). The number of benzene rings is 1. The van der Waals surface area contributed by atoms with E-state index in [2.05, 4.69) is 6.92 Å². The number of ether oxygens (including phenoxy) is 1. The third kappa shape index (κ3) is 8.85. The van der Waals surface area contributed by atoms with Gasteiger partial charge in [-0.15, -0.1) is 0 Å². The summed E-state index contributed by atoms with van der Waals surface area (Å²) < 4.78 is 5.62. The lowest BCUT2D eigenvalue weighted by Crippen LogP contribution is -2.00. The molecule has 0 unspecified atom stereocenters. The monoisotopic (exact) mass is 340 g/mol. The number of aromatic carboxylic acids is 1. The van der Waals surface area contributed by atoms with Gasteiger partial charge in [0.15, 0.2) is 0 Å². The Balaban J connectivity index is 2.03. The number of hydrogen-bond donors (Lipinski definition) is 1. The van der Waals surface area contributed by atoms with Crippen LogP contribution in [0.15, 0.2) is 18.2 Å². The van der Waals surface area contributed by atoms with Crippen molar-refractivity contribution in [1.82, 2.24) is 0 Å². The van der Waals surface area contributed by atoms with Crippen molar-refractivity contribution < 1.29 is 14.6 Å². The third-order valence-corrected chi connectivity index (χ3v) is 4.25. The van der Waals surface area contributed by atoms with Crippen molar-refractivity contribution in [1.29, 1.82) is 0 Å². The van der Waals surface area contributed by atoms with Crippen LogP contribution in [0, 0.1) is 0 Å². The van der Waals surface area contributed by atoms with Crippen LogP contribution in [0.3, 0.4) is 0 Å². The lowest BCUT2D eigenvalue weighted by atomic mass is 10.1. The Bertz CT molecular complexity index is 460. The maximum atomic E-state index is 10.9. The van der Waals surface area contributed by atoms with Gasteiger partial charge < -0.3 is 9.84 Å². The molecule has 0 spiro atoms. The average molecular weight is 341 g/mol. The van der Waals surface area contributed by atoms with Crippen molar-refractivity contribution in [2.75, 3.05) is 6.61 Å². The van der Waals surface area contributed by atoms with E-state index in [9.17, 15) is 4.79 Å². The number of halogens is 1. The van der Waals surface area contributed by atoms with E-state index < -0.39 is 5.97 Å². The highest BCUT2D eigenvalue weighted by Crippen LogP contribution is 2.22. The molecule has 0 saturated carbocycles. The first-order chi connectivity index (χ1) is 11.1. The molecule has 1 aromatic rings. The summed E-state index contributed by atoms with van der Waals surface area (Å²) in [7, 11) is 0. The topological polar surface area (TPSA) is 46.5 Å². The Hall–Kier alpha value is -1.22. The fourth-order valence-corrected chi connectivity index (χ4v) is 2.79. The molecule has 0 fully saturated rings. The minimum Gasteiger partial charge on any atom is -0.494 e. The normalized spacial score (nSPS) is 10.7. The van der Waals surface area contributed by atoms with Gasteiger partial charge >= 0.3 is 5.97 Å². The molecule has 23 heavy (non-hydrogen) atoms. The van der Waals surface area contributed by atoms with Crippen molar-refractivity contribution in [2.24, 2.45) is 0 Å². The van der Waals surface area contributed by atoms with Crippen LogP contribution in [0.2, 0.25) is 5.02 Å². The van der Waals surface area contributed by atoms with E-state index in [0.717, 1.165) is 6.42 Å². The average Bonchev–Trinajstić information content (AvgIpc) is 2.52. The molecule has 130 valence electrons. The van der Waals surface area contributed by atoms with Crippen LogP contribution >= 0.6 is 11.6 Å². The minimum absolute atomic E-state index is 0.109. The molecule has 1 rings (SSSR count). The van der Waals surface area contributed by atoms with Gasteiger partial charge in [0.2, 0.25) is 0 Å². The van der Waals surface area contributed by atoms with Gasteiger partial charge in [-0.1, -0.05) is 76.3 Å². The molecular weight excluding hydrogens is 312 g/mol. The molecule has 1 N–H and O–H groups in total. The predicted molar refractivity (Wildman–Crippen MR) is 95.8 cm³/mol. The van der Waals surface area contributed by atoms with Gasteiger partial charge in [0.05, 0.1) is 17.2 Å². The summed E-state index contributed by atoms with van der Waals surface area (Å²) in [4.78, 5) is 10.9. The number of carboxylic acids is 1. The quantitative estimate of drug-likeness (QED) is 0.426. The molecule has 0 saturated heterocycles. The zero-order chi connectivity index (χ0) is 16.9. The molecule has 0 aliphatic carbocycles. The summed E-state index contributed by atoms with van der Waals surface area (Å²) in [6, 6.07) is 4.71. The number of carbonyl (C=O) groups is 1. The Morgan fingerprint density at radius 3 is 2.09 bits per heavy atom. The van der Waals surface area contributed by atoms with Crippen molar-refractivity contribution in [3.63, 3.8) is 0 Å². The Kier molecular flexibility index (Phi) is 10.5. The summed E-state index contributed by atoms with van der Waals surface area (Å²) in [5.41, 5.74) is 0.109. The number of rotatable bonds is 13. The van der Waals surface area contributed by atoms with Crippen LogP contribution in [0.5, 0.6) is 5.75 Å². The number of carboxylic acid groups (broad SMARTS) is 1. The fraction of sp³-hybridized carbons (Fsp3) is 0.632. The van der Waals surface area contributed by atoms with E-state index in [1.165, 1.54) is 63.9 Å². The zero-order valence-corrected chi connectivity index (χ0v) is 14.9. The highest BCUT2D eigenvalue weighted by molar-refractivity contribution is 6.33. The van der Waals surface area contributed by atoms with E-state index in [-0.39, 0.29) is 10.6 Å². The molecule has 0 aliphatic rings. The summed E-state index contributed by atoms with van der Waals surface area (Å²) in [6.45, 7) is 2.90. The van der Waals surface area contributed by atoms with Crippen LogP contribution in [0.1, 0.15) is 81.5 Å². The predicted octanol–water partition coefficient (Wildman–Crippen LogP) is 6.34. The molecule has 1 aromatic carbocycles. The van der Waals surface area contributed by atoms with Crippen molar-refractivity contribution in [3.8, 4) is 5.75 Å². The van der Waals surface area contributed by atoms with Gasteiger partial charge in [-0.25, -0.2) is 4.79 Å². The van der Waals surface area contributed by atoms with Crippen molar-refractivity contribution in [2.45, 2.75) is 71.1 Å². The van der Waals surface area contributed by atoms with E-state index in [1.54, 1.807) is 12.1 Å². The van der Waals surface area contributed by atoms with Crippen LogP contribution in [-0.4, -0.2) is 17.7 Å². The maximum Gasteiger partial charge on any atom is 0.337 e. The first-order valence-electron chi connectivity index (χ1n) is 8.80. The van der Waals surface area contributed by atoms with Crippen LogP contribution in [-0.2, 0) is 0 Å². The van der Waals surface area contributed by atoms with Gasteiger partial charge in [0, 0.05) is 0 Å². The van der Waals surface area contributed by atoms with Crippen molar-refractivity contribution in [3.05, 3.63) is 28.8 Å². The summed E-state index contributed by atoms with van der Waals surface area (Å²) in [5, 5.41) is 9.13. The highest BCUT2D eigenvalue weighted by Gasteiger charge is 2.09. The summed E-state index contributed by atoms with van der Waals surface area (Å²) in [6.07, 6.45) is 12.9. The van der Waals surface area contributed by atoms with Gasteiger partial charge in [0.1, 0.15) is 5.75 Å². The Morgan fingerprint density at radius 2 is 1.57 bits per heavy atom. The lowest BCUT2D eigenvalue weighted by Gasteiger charge is -2.07. The first kappa shape index (κ1) is 19.8. The van der Waals surface area contributed by atoms with Crippen molar-refractivity contribution >= 4 is 17.6 Å². The lowest BCUT2D eigenvalue weighted by molar-refractivity contribution is 0.0697. The van der Waals surface area contributed by atoms with E-state index in [4.69, 9.17) is 21.4 Å². The number of hydrogen-bond acceptors (Lipinski definition) is 2. The molecule has 0 aromatic heterocycles. The van der Waals surface area contributed by atoms with E-state index >= 15 is 0 Å². The van der Waals surface area contributed by atoms with Gasteiger partial charge in [0.25, 0.3) is 0 Å². The molecule has 0 aliphatic heterocycles. The Labute approximate surface area is 145 Å². The highest BCUT2D eigenvalue weighted by atomic mass is 35.5. The maximum absolute atomic E-state index is 10.9. The molecule has 0 heterocycles. The largest absolute Gasteiger partial charge is 0.494 e.